The third-order valence-corrected chi connectivity index (χ3v) is 2.33. The smallest absolute Gasteiger partial charge is 0.120 e. The average molecular weight is 188 g/mol. The van der Waals surface area contributed by atoms with Gasteiger partial charge in [-0.2, -0.15) is 5.26 Å². The van der Waals surface area contributed by atoms with Crippen LogP contribution in [0.1, 0.15) is 18.4 Å². The molecule has 14 heavy (non-hydrogen) atoms. The molecule has 2 N–H and O–H groups in total. The zero-order valence-electron chi connectivity index (χ0n) is 7.86. The van der Waals surface area contributed by atoms with Crippen LogP contribution in [-0.4, -0.2) is 6.61 Å². The number of nitrogen functional groups attached to an aromatic ring is 1. The standard InChI is InChI=1S/C11H12N2O/c12-6-9-5-10(3-4-11(9)13)14-7-8-1-2-8/h3-5,8H,1-2,7,13H2. The van der Waals surface area contributed by atoms with E-state index >= 15 is 0 Å². The summed E-state index contributed by atoms with van der Waals surface area (Å²) in [5.74, 6) is 1.46. The highest BCUT2D eigenvalue weighted by atomic mass is 16.5. The normalized spacial score (nSPS) is 14.8. The topological polar surface area (TPSA) is 59.0 Å². The van der Waals surface area contributed by atoms with Crippen molar-refractivity contribution in [2.75, 3.05) is 12.3 Å². The van der Waals surface area contributed by atoms with Crippen molar-refractivity contribution in [2.24, 2.45) is 5.92 Å². The second kappa shape index (κ2) is 3.59. The summed E-state index contributed by atoms with van der Waals surface area (Å²) in [6, 6.07) is 7.24. The molecule has 1 aliphatic carbocycles. The zero-order valence-corrected chi connectivity index (χ0v) is 7.86. The molecule has 0 bridgehead atoms. The number of hydrogen-bond donors (Lipinski definition) is 1. The van der Waals surface area contributed by atoms with E-state index < -0.39 is 0 Å². The Morgan fingerprint density at radius 3 is 2.93 bits per heavy atom. The molecule has 1 aromatic rings. The summed E-state index contributed by atoms with van der Waals surface area (Å²) in [7, 11) is 0. The Kier molecular flexibility index (Phi) is 2.28. The lowest BCUT2D eigenvalue weighted by Crippen LogP contribution is -2.00. The Balaban J connectivity index is 2.06. The van der Waals surface area contributed by atoms with E-state index in [2.05, 4.69) is 0 Å². The van der Waals surface area contributed by atoms with Gasteiger partial charge in [0.15, 0.2) is 0 Å². The molecule has 0 spiro atoms. The van der Waals surface area contributed by atoms with Crippen molar-refractivity contribution in [1.29, 1.82) is 5.26 Å². The Hall–Kier alpha value is -1.69. The van der Waals surface area contributed by atoms with Crippen LogP contribution in [0.25, 0.3) is 0 Å². The first-order valence-corrected chi connectivity index (χ1v) is 4.72. The fraction of sp³-hybridized carbons (Fsp3) is 0.364. The highest BCUT2D eigenvalue weighted by molar-refractivity contribution is 5.56. The minimum Gasteiger partial charge on any atom is -0.493 e. The van der Waals surface area contributed by atoms with Crippen molar-refractivity contribution in [1.82, 2.24) is 0 Å². The number of benzene rings is 1. The number of hydrogen-bond acceptors (Lipinski definition) is 3. The molecular weight excluding hydrogens is 176 g/mol. The molecule has 1 fully saturated rings. The summed E-state index contributed by atoms with van der Waals surface area (Å²) in [6.45, 7) is 0.759. The second-order valence-corrected chi connectivity index (χ2v) is 3.62. The molecule has 0 heterocycles. The summed E-state index contributed by atoms with van der Waals surface area (Å²) in [5.41, 5.74) is 6.58. The molecule has 3 nitrogen and oxygen atoms in total. The molecule has 2 rings (SSSR count). The molecule has 0 unspecified atom stereocenters. The van der Waals surface area contributed by atoms with E-state index in [-0.39, 0.29) is 0 Å². The maximum Gasteiger partial charge on any atom is 0.120 e. The summed E-state index contributed by atoms with van der Waals surface area (Å²) < 4.78 is 5.52. The van der Waals surface area contributed by atoms with Gasteiger partial charge in [0.1, 0.15) is 11.8 Å². The lowest BCUT2D eigenvalue weighted by atomic mass is 10.2. The Bertz CT molecular complexity index is 377. The first kappa shape index (κ1) is 8.89. The lowest BCUT2D eigenvalue weighted by molar-refractivity contribution is 0.300. The predicted octanol–water partition coefficient (Wildman–Crippen LogP) is 1.93. The zero-order chi connectivity index (χ0) is 9.97. The largest absolute Gasteiger partial charge is 0.493 e. The molecule has 1 aliphatic rings. The van der Waals surface area contributed by atoms with Gasteiger partial charge in [0.25, 0.3) is 0 Å². The Labute approximate surface area is 83.1 Å². The van der Waals surface area contributed by atoms with Crippen molar-refractivity contribution in [3.05, 3.63) is 23.8 Å². The molecule has 0 aliphatic heterocycles. The summed E-state index contributed by atoms with van der Waals surface area (Å²) in [4.78, 5) is 0. The van der Waals surface area contributed by atoms with E-state index in [0.29, 0.717) is 11.3 Å². The molecule has 72 valence electrons. The second-order valence-electron chi connectivity index (χ2n) is 3.62. The molecule has 0 amide bonds. The van der Waals surface area contributed by atoms with Gasteiger partial charge in [0.05, 0.1) is 12.2 Å². The van der Waals surface area contributed by atoms with Crippen LogP contribution in [0.4, 0.5) is 5.69 Å². The van der Waals surface area contributed by atoms with Crippen LogP contribution in [0, 0.1) is 17.2 Å². The van der Waals surface area contributed by atoms with Gasteiger partial charge in [-0.1, -0.05) is 0 Å². The molecule has 1 saturated carbocycles. The van der Waals surface area contributed by atoms with E-state index in [4.69, 9.17) is 15.7 Å². The average Bonchev–Trinajstić information content (AvgIpc) is 3.00. The minimum absolute atomic E-state index is 0.485. The van der Waals surface area contributed by atoms with E-state index in [1.54, 1.807) is 18.2 Å². The van der Waals surface area contributed by atoms with Gasteiger partial charge in [0, 0.05) is 5.69 Å². The van der Waals surface area contributed by atoms with Crippen molar-refractivity contribution in [3.63, 3.8) is 0 Å². The number of nitrogens with two attached hydrogens (primary N) is 1. The van der Waals surface area contributed by atoms with Gasteiger partial charge in [0.2, 0.25) is 0 Å². The van der Waals surface area contributed by atoms with Gasteiger partial charge in [-0.05, 0) is 37.0 Å². The first-order chi connectivity index (χ1) is 6.79. The molecular formula is C11H12N2O. The summed E-state index contributed by atoms with van der Waals surface area (Å²) >= 11 is 0. The van der Waals surface area contributed by atoms with Gasteiger partial charge in [-0.15, -0.1) is 0 Å². The Morgan fingerprint density at radius 1 is 1.50 bits per heavy atom. The highest BCUT2D eigenvalue weighted by Crippen LogP contribution is 2.30. The first-order valence-electron chi connectivity index (χ1n) is 4.72. The van der Waals surface area contributed by atoms with Crippen LogP contribution in [-0.2, 0) is 0 Å². The van der Waals surface area contributed by atoms with E-state index in [9.17, 15) is 0 Å². The van der Waals surface area contributed by atoms with Crippen molar-refractivity contribution in [3.8, 4) is 11.8 Å². The fourth-order valence-corrected chi connectivity index (χ4v) is 1.22. The number of nitrogens with zero attached hydrogens (tertiary/aromatic N) is 1. The van der Waals surface area contributed by atoms with E-state index in [0.717, 1.165) is 18.3 Å². The molecule has 3 heteroatoms. The third-order valence-electron chi connectivity index (χ3n) is 2.33. The highest BCUT2D eigenvalue weighted by Gasteiger charge is 2.21. The van der Waals surface area contributed by atoms with Crippen LogP contribution in [0.15, 0.2) is 18.2 Å². The lowest BCUT2D eigenvalue weighted by Gasteiger charge is -2.05. The number of nitriles is 1. The summed E-state index contributed by atoms with van der Waals surface area (Å²) in [5, 5.41) is 8.75. The third kappa shape index (κ3) is 1.97. The van der Waals surface area contributed by atoms with Crippen LogP contribution in [0.5, 0.6) is 5.75 Å². The predicted molar refractivity (Wildman–Crippen MR) is 53.8 cm³/mol. The van der Waals surface area contributed by atoms with Crippen LogP contribution in [0.3, 0.4) is 0 Å². The Morgan fingerprint density at radius 2 is 2.29 bits per heavy atom. The van der Waals surface area contributed by atoms with Gasteiger partial charge < -0.3 is 10.5 Å². The monoisotopic (exact) mass is 188 g/mol. The maximum absolute atomic E-state index is 8.75. The van der Waals surface area contributed by atoms with E-state index in [1.165, 1.54) is 12.8 Å². The minimum atomic E-state index is 0.485. The fourth-order valence-electron chi connectivity index (χ4n) is 1.22. The van der Waals surface area contributed by atoms with Crippen LogP contribution >= 0.6 is 0 Å². The number of rotatable bonds is 3. The van der Waals surface area contributed by atoms with Gasteiger partial charge in [-0.3, -0.25) is 0 Å². The number of ether oxygens (including phenoxy) is 1. The van der Waals surface area contributed by atoms with E-state index in [1.807, 2.05) is 6.07 Å². The van der Waals surface area contributed by atoms with Crippen molar-refractivity contribution in [2.45, 2.75) is 12.8 Å². The summed E-state index contributed by atoms with van der Waals surface area (Å²) in [6.07, 6.45) is 2.53. The molecule has 0 radical (unpaired) electrons. The molecule has 0 aromatic heterocycles. The molecule has 1 aromatic carbocycles. The van der Waals surface area contributed by atoms with Crippen molar-refractivity contribution < 1.29 is 4.74 Å². The van der Waals surface area contributed by atoms with Gasteiger partial charge in [-0.25, -0.2) is 0 Å². The quantitative estimate of drug-likeness (QED) is 0.737. The van der Waals surface area contributed by atoms with Crippen LogP contribution in [0.2, 0.25) is 0 Å². The number of anilines is 1. The SMILES string of the molecule is N#Cc1cc(OCC2CC2)ccc1N. The maximum atomic E-state index is 8.75. The van der Waals surface area contributed by atoms with Crippen molar-refractivity contribution >= 4 is 5.69 Å². The molecule has 0 saturated heterocycles. The molecule has 0 atom stereocenters. The van der Waals surface area contributed by atoms with Crippen LogP contribution < -0.4 is 10.5 Å². The van der Waals surface area contributed by atoms with Gasteiger partial charge >= 0.3 is 0 Å².